The quantitative estimate of drug-likeness (QED) is 0.872. The summed E-state index contributed by atoms with van der Waals surface area (Å²) >= 11 is 0. The van der Waals surface area contributed by atoms with Gasteiger partial charge in [0.25, 0.3) is 0 Å². The third-order valence-electron chi connectivity index (χ3n) is 6.50. The van der Waals surface area contributed by atoms with E-state index in [1.807, 2.05) is 24.0 Å². The van der Waals surface area contributed by atoms with E-state index >= 15 is 0 Å². The average Bonchev–Trinajstić information content (AvgIpc) is 2.67. The molecule has 5 heteroatoms. The van der Waals surface area contributed by atoms with Crippen LogP contribution in [0.15, 0.2) is 24.3 Å². The number of nitrogens with zero attached hydrogens (tertiary/aromatic N) is 1. The van der Waals surface area contributed by atoms with Crippen molar-refractivity contribution in [3.8, 4) is 0 Å². The van der Waals surface area contributed by atoms with Crippen molar-refractivity contribution in [2.75, 3.05) is 19.7 Å². The third kappa shape index (κ3) is 2.88. The Morgan fingerprint density at radius 3 is 2.72 bits per heavy atom. The van der Waals surface area contributed by atoms with E-state index in [0.29, 0.717) is 6.61 Å². The maximum absolute atomic E-state index is 12.9. The van der Waals surface area contributed by atoms with Crippen molar-refractivity contribution >= 4 is 5.91 Å². The van der Waals surface area contributed by atoms with Crippen LogP contribution in [0.25, 0.3) is 0 Å². The number of ether oxygens (including phenoxy) is 1. The van der Waals surface area contributed by atoms with Crippen LogP contribution in [0.3, 0.4) is 0 Å². The first-order chi connectivity index (χ1) is 12.1. The van der Waals surface area contributed by atoms with Gasteiger partial charge in [0, 0.05) is 38.1 Å². The van der Waals surface area contributed by atoms with Gasteiger partial charge in [0.2, 0.25) is 5.91 Å². The Bertz CT molecular complexity index is 638. The number of rotatable bonds is 3. The van der Waals surface area contributed by atoms with Gasteiger partial charge < -0.3 is 20.1 Å². The topological polar surface area (TPSA) is 61.8 Å². The summed E-state index contributed by atoms with van der Waals surface area (Å²) in [4.78, 5) is 14.9. The highest BCUT2D eigenvalue weighted by Gasteiger charge is 2.56. The Morgan fingerprint density at radius 2 is 2.04 bits per heavy atom. The molecule has 4 rings (SSSR count). The molecule has 3 atom stereocenters. The summed E-state index contributed by atoms with van der Waals surface area (Å²) in [6.45, 7) is 4.89. The molecule has 0 bridgehead atoms. The van der Waals surface area contributed by atoms with Crippen LogP contribution in [0, 0.1) is 5.41 Å². The molecule has 1 saturated heterocycles. The lowest BCUT2D eigenvalue weighted by atomic mass is 9.58. The van der Waals surface area contributed by atoms with Gasteiger partial charge in [-0.05, 0) is 37.3 Å². The van der Waals surface area contributed by atoms with Crippen LogP contribution in [0.1, 0.15) is 37.3 Å². The van der Waals surface area contributed by atoms with E-state index in [1.165, 1.54) is 11.1 Å². The number of aliphatic hydroxyl groups is 1. The third-order valence-corrected chi connectivity index (χ3v) is 6.50. The Labute approximate surface area is 149 Å². The van der Waals surface area contributed by atoms with Crippen LogP contribution in [0.2, 0.25) is 0 Å². The molecule has 3 aliphatic rings. The number of fused-ring (bicyclic) bond motifs is 1. The van der Waals surface area contributed by atoms with Gasteiger partial charge in [0.15, 0.2) is 0 Å². The van der Waals surface area contributed by atoms with Crippen molar-refractivity contribution in [2.45, 2.75) is 57.4 Å². The molecule has 1 aromatic rings. The number of amides is 1. The zero-order valence-electron chi connectivity index (χ0n) is 14.9. The van der Waals surface area contributed by atoms with Crippen molar-refractivity contribution in [1.29, 1.82) is 0 Å². The first-order valence-electron chi connectivity index (χ1n) is 9.52. The van der Waals surface area contributed by atoms with Crippen LogP contribution in [-0.2, 0) is 22.5 Å². The van der Waals surface area contributed by atoms with Gasteiger partial charge >= 0.3 is 0 Å². The fourth-order valence-corrected chi connectivity index (χ4v) is 4.81. The SMILES string of the molecule is CCO[C@@H]1C[C@@H](O)C12CCN(C(=O)[C@H]1Cc3ccccc3CN1)CC2. The lowest BCUT2D eigenvalue weighted by Crippen LogP contribution is -2.63. The molecule has 0 aromatic heterocycles. The van der Waals surface area contributed by atoms with Crippen LogP contribution >= 0.6 is 0 Å². The second-order valence-corrected chi connectivity index (χ2v) is 7.66. The Morgan fingerprint density at radius 1 is 1.32 bits per heavy atom. The monoisotopic (exact) mass is 344 g/mol. The summed E-state index contributed by atoms with van der Waals surface area (Å²) in [5.41, 5.74) is 2.44. The molecule has 1 amide bonds. The highest BCUT2D eigenvalue weighted by Crippen LogP contribution is 2.51. The van der Waals surface area contributed by atoms with Gasteiger partial charge in [0.05, 0.1) is 18.2 Å². The molecule has 2 aliphatic heterocycles. The average molecular weight is 344 g/mol. The molecule has 136 valence electrons. The fourth-order valence-electron chi connectivity index (χ4n) is 4.81. The fraction of sp³-hybridized carbons (Fsp3) is 0.650. The second-order valence-electron chi connectivity index (χ2n) is 7.66. The normalized spacial score (nSPS) is 30.6. The van der Waals surface area contributed by atoms with Crippen LogP contribution in [0.4, 0.5) is 0 Å². The van der Waals surface area contributed by atoms with Crippen molar-refractivity contribution in [2.24, 2.45) is 5.41 Å². The highest BCUT2D eigenvalue weighted by molar-refractivity contribution is 5.82. The van der Waals surface area contributed by atoms with Crippen molar-refractivity contribution in [1.82, 2.24) is 10.2 Å². The maximum Gasteiger partial charge on any atom is 0.240 e. The first kappa shape index (κ1) is 17.0. The van der Waals surface area contributed by atoms with Gasteiger partial charge in [-0.15, -0.1) is 0 Å². The molecule has 1 saturated carbocycles. The molecule has 2 fully saturated rings. The molecule has 2 heterocycles. The van der Waals surface area contributed by atoms with Crippen molar-refractivity contribution in [3.63, 3.8) is 0 Å². The van der Waals surface area contributed by atoms with Crippen molar-refractivity contribution in [3.05, 3.63) is 35.4 Å². The molecule has 1 spiro atoms. The number of hydrogen-bond acceptors (Lipinski definition) is 4. The van der Waals surface area contributed by atoms with E-state index in [0.717, 1.165) is 45.3 Å². The summed E-state index contributed by atoms with van der Waals surface area (Å²) < 4.78 is 5.82. The molecule has 25 heavy (non-hydrogen) atoms. The zero-order chi connectivity index (χ0) is 17.4. The maximum atomic E-state index is 12.9. The number of aliphatic hydroxyl groups excluding tert-OH is 1. The van der Waals surface area contributed by atoms with Gasteiger partial charge in [-0.3, -0.25) is 4.79 Å². The number of carbonyl (C=O) groups is 1. The lowest BCUT2D eigenvalue weighted by Gasteiger charge is -2.56. The highest BCUT2D eigenvalue weighted by atomic mass is 16.5. The number of piperidine rings is 1. The zero-order valence-corrected chi connectivity index (χ0v) is 14.9. The molecule has 5 nitrogen and oxygen atoms in total. The summed E-state index contributed by atoms with van der Waals surface area (Å²) in [6.07, 6.45) is 3.07. The number of likely N-dealkylation sites (tertiary alicyclic amines) is 1. The van der Waals surface area contributed by atoms with Crippen LogP contribution in [0.5, 0.6) is 0 Å². The Balaban J connectivity index is 1.37. The Kier molecular flexibility index (Phi) is 4.56. The minimum absolute atomic E-state index is 0.126. The molecule has 0 unspecified atom stereocenters. The standard InChI is InChI=1S/C20H28N2O3/c1-2-25-18-12-17(23)20(18)7-9-22(10-8-20)19(24)16-11-14-5-3-4-6-15(14)13-21-16/h3-6,16-18,21,23H,2,7-13H2,1H3/t16-,17-,18-/m1/s1. The van der Waals surface area contributed by atoms with E-state index in [9.17, 15) is 9.90 Å². The number of hydrogen-bond donors (Lipinski definition) is 2. The summed E-state index contributed by atoms with van der Waals surface area (Å²) in [5, 5.41) is 13.7. The molecular weight excluding hydrogens is 316 g/mol. The summed E-state index contributed by atoms with van der Waals surface area (Å²) in [6, 6.07) is 8.21. The van der Waals surface area contributed by atoms with Crippen LogP contribution < -0.4 is 5.32 Å². The number of benzene rings is 1. The van der Waals surface area contributed by atoms with E-state index in [1.54, 1.807) is 0 Å². The van der Waals surface area contributed by atoms with Gasteiger partial charge in [-0.1, -0.05) is 24.3 Å². The summed E-state index contributed by atoms with van der Waals surface area (Å²) in [5.74, 6) is 0.200. The second kappa shape index (κ2) is 6.71. The van der Waals surface area contributed by atoms with E-state index in [-0.39, 0.29) is 29.6 Å². The van der Waals surface area contributed by atoms with E-state index in [4.69, 9.17) is 4.74 Å². The molecular formula is C20H28N2O3. The molecule has 0 radical (unpaired) electrons. The smallest absolute Gasteiger partial charge is 0.240 e. The largest absolute Gasteiger partial charge is 0.392 e. The lowest BCUT2D eigenvalue weighted by molar-refractivity contribution is -0.210. The van der Waals surface area contributed by atoms with Crippen molar-refractivity contribution < 1.29 is 14.6 Å². The van der Waals surface area contributed by atoms with Crippen LogP contribution in [-0.4, -0.2) is 53.9 Å². The molecule has 2 N–H and O–H groups in total. The predicted molar refractivity (Wildman–Crippen MR) is 95.1 cm³/mol. The van der Waals surface area contributed by atoms with E-state index < -0.39 is 0 Å². The number of carbonyl (C=O) groups excluding carboxylic acids is 1. The van der Waals surface area contributed by atoms with Gasteiger partial charge in [-0.25, -0.2) is 0 Å². The molecule has 1 aromatic carbocycles. The molecule has 1 aliphatic carbocycles. The number of nitrogens with one attached hydrogen (secondary N) is 1. The minimum Gasteiger partial charge on any atom is -0.392 e. The minimum atomic E-state index is -0.277. The summed E-state index contributed by atoms with van der Waals surface area (Å²) in [7, 11) is 0. The predicted octanol–water partition coefficient (Wildman–Crippen LogP) is 1.48. The van der Waals surface area contributed by atoms with Gasteiger partial charge in [0.1, 0.15) is 0 Å². The first-order valence-corrected chi connectivity index (χ1v) is 9.52. The van der Waals surface area contributed by atoms with Gasteiger partial charge in [-0.2, -0.15) is 0 Å². The van der Waals surface area contributed by atoms with E-state index in [2.05, 4.69) is 17.4 Å². The Hall–Kier alpha value is -1.43.